The van der Waals surface area contributed by atoms with Crippen LogP contribution in [0.3, 0.4) is 0 Å². The van der Waals surface area contributed by atoms with E-state index >= 15 is 0 Å². The average molecular weight is 321 g/mol. The molecule has 0 aliphatic heterocycles. The molecular weight excluding hydrogens is 294 g/mol. The molecule has 0 saturated carbocycles. The standard InChI is InChI=1S/C17H27N3O3/c1-12-8-6-7-9-15(12)23-14(3)11-20-17(18-4)19-10-13(2)16(21)22-5/h6-9,13-14H,10-11H2,1-5H3,(H2,18,19,20). The van der Waals surface area contributed by atoms with E-state index in [9.17, 15) is 4.79 Å². The Kier molecular flexibility index (Phi) is 7.94. The Balaban J connectivity index is 2.39. The molecule has 2 atom stereocenters. The van der Waals surface area contributed by atoms with Gasteiger partial charge in [-0.1, -0.05) is 25.1 Å². The monoisotopic (exact) mass is 321 g/mol. The maximum Gasteiger partial charge on any atom is 0.310 e. The Morgan fingerprint density at radius 1 is 1.22 bits per heavy atom. The molecule has 0 fully saturated rings. The van der Waals surface area contributed by atoms with Crippen molar-refractivity contribution in [2.24, 2.45) is 10.9 Å². The number of hydrogen-bond donors (Lipinski definition) is 2. The van der Waals surface area contributed by atoms with Crippen LogP contribution in [-0.4, -0.2) is 45.3 Å². The van der Waals surface area contributed by atoms with Crippen molar-refractivity contribution in [3.05, 3.63) is 29.8 Å². The highest BCUT2D eigenvalue weighted by atomic mass is 16.5. The molecular formula is C17H27N3O3. The summed E-state index contributed by atoms with van der Waals surface area (Å²) >= 11 is 0. The number of esters is 1. The van der Waals surface area contributed by atoms with Gasteiger partial charge in [0.2, 0.25) is 0 Å². The average Bonchev–Trinajstić information content (AvgIpc) is 2.56. The maximum atomic E-state index is 11.4. The Bertz CT molecular complexity index is 532. The fourth-order valence-electron chi connectivity index (χ4n) is 1.94. The number of rotatable bonds is 7. The first-order valence-corrected chi connectivity index (χ1v) is 7.72. The van der Waals surface area contributed by atoms with Gasteiger partial charge in [0.15, 0.2) is 5.96 Å². The van der Waals surface area contributed by atoms with Gasteiger partial charge in [-0.05, 0) is 25.5 Å². The number of para-hydroxylation sites is 1. The van der Waals surface area contributed by atoms with Gasteiger partial charge in [0.05, 0.1) is 19.6 Å². The summed E-state index contributed by atoms with van der Waals surface area (Å²) < 4.78 is 10.6. The summed E-state index contributed by atoms with van der Waals surface area (Å²) in [5.74, 6) is 1.02. The minimum Gasteiger partial charge on any atom is -0.489 e. The molecule has 0 radical (unpaired) electrons. The molecule has 0 spiro atoms. The SMILES string of the molecule is CN=C(NCC(C)Oc1ccccc1C)NCC(C)C(=O)OC. The molecule has 0 heterocycles. The van der Waals surface area contributed by atoms with Crippen LogP contribution in [0.2, 0.25) is 0 Å². The summed E-state index contributed by atoms with van der Waals surface area (Å²) in [6.45, 7) is 6.87. The van der Waals surface area contributed by atoms with E-state index in [0.29, 0.717) is 19.0 Å². The first-order valence-electron chi connectivity index (χ1n) is 7.72. The second-order valence-corrected chi connectivity index (χ2v) is 5.45. The zero-order valence-electron chi connectivity index (χ0n) is 14.6. The zero-order chi connectivity index (χ0) is 17.2. The van der Waals surface area contributed by atoms with Gasteiger partial charge >= 0.3 is 5.97 Å². The lowest BCUT2D eigenvalue weighted by molar-refractivity contribution is -0.144. The van der Waals surface area contributed by atoms with E-state index in [4.69, 9.17) is 9.47 Å². The lowest BCUT2D eigenvalue weighted by Crippen LogP contribution is -2.44. The molecule has 1 aromatic carbocycles. The van der Waals surface area contributed by atoms with Crippen LogP contribution in [0.15, 0.2) is 29.3 Å². The van der Waals surface area contributed by atoms with Gasteiger partial charge in [-0.2, -0.15) is 0 Å². The summed E-state index contributed by atoms with van der Waals surface area (Å²) in [5, 5.41) is 6.28. The largest absolute Gasteiger partial charge is 0.489 e. The molecule has 0 bridgehead atoms. The minimum absolute atomic E-state index is 0.0207. The van der Waals surface area contributed by atoms with E-state index in [1.807, 2.05) is 38.1 Å². The number of ether oxygens (including phenoxy) is 2. The first kappa shape index (κ1) is 18.8. The Labute approximate surface area is 138 Å². The van der Waals surface area contributed by atoms with Gasteiger partial charge < -0.3 is 20.1 Å². The molecule has 0 aromatic heterocycles. The van der Waals surface area contributed by atoms with Crippen molar-refractivity contribution in [3.63, 3.8) is 0 Å². The predicted octanol–water partition coefficient (Wildman–Crippen LogP) is 1.74. The van der Waals surface area contributed by atoms with E-state index in [0.717, 1.165) is 11.3 Å². The van der Waals surface area contributed by atoms with Gasteiger partial charge in [0.25, 0.3) is 0 Å². The Hall–Kier alpha value is -2.24. The van der Waals surface area contributed by atoms with Crippen molar-refractivity contribution >= 4 is 11.9 Å². The summed E-state index contributed by atoms with van der Waals surface area (Å²) in [5.41, 5.74) is 1.11. The van der Waals surface area contributed by atoms with Crippen molar-refractivity contribution < 1.29 is 14.3 Å². The van der Waals surface area contributed by atoms with E-state index < -0.39 is 0 Å². The molecule has 0 amide bonds. The van der Waals surface area contributed by atoms with Gasteiger partial charge in [-0.25, -0.2) is 0 Å². The molecule has 0 saturated heterocycles. The third-order valence-corrected chi connectivity index (χ3v) is 3.38. The maximum absolute atomic E-state index is 11.4. The van der Waals surface area contributed by atoms with Gasteiger partial charge in [-0.3, -0.25) is 9.79 Å². The number of aryl methyl sites for hydroxylation is 1. The highest BCUT2D eigenvalue weighted by molar-refractivity contribution is 5.80. The second kappa shape index (κ2) is 9.71. The minimum atomic E-state index is -0.246. The molecule has 128 valence electrons. The van der Waals surface area contributed by atoms with E-state index in [-0.39, 0.29) is 18.0 Å². The fourth-order valence-corrected chi connectivity index (χ4v) is 1.94. The van der Waals surface area contributed by atoms with Crippen LogP contribution in [0.1, 0.15) is 19.4 Å². The summed E-state index contributed by atoms with van der Waals surface area (Å²) in [4.78, 5) is 15.5. The molecule has 6 heteroatoms. The lowest BCUT2D eigenvalue weighted by Gasteiger charge is -2.19. The third kappa shape index (κ3) is 6.59. The van der Waals surface area contributed by atoms with E-state index in [1.54, 1.807) is 14.0 Å². The predicted molar refractivity (Wildman–Crippen MR) is 91.8 cm³/mol. The van der Waals surface area contributed by atoms with Gasteiger partial charge in [-0.15, -0.1) is 0 Å². The number of methoxy groups -OCH3 is 1. The molecule has 1 aromatic rings. The van der Waals surface area contributed by atoms with Crippen LogP contribution in [0.4, 0.5) is 0 Å². The number of guanidine groups is 1. The van der Waals surface area contributed by atoms with Crippen molar-refractivity contribution in [2.75, 3.05) is 27.2 Å². The van der Waals surface area contributed by atoms with Crippen molar-refractivity contribution in [2.45, 2.75) is 26.9 Å². The van der Waals surface area contributed by atoms with Crippen molar-refractivity contribution in [1.29, 1.82) is 0 Å². The Morgan fingerprint density at radius 2 is 1.87 bits per heavy atom. The van der Waals surface area contributed by atoms with Gasteiger partial charge in [0.1, 0.15) is 11.9 Å². The molecule has 0 aliphatic carbocycles. The number of nitrogens with zero attached hydrogens (tertiary/aromatic N) is 1. The molecule has 2 unspecified atom stereocenters. The van der Waals surface area contributed by atoms with E-state index in [2.05, 4.69) is 15.6 Å². The molecule has 6 nitrogen and oxygen atoms in total. The van der Waals surface area contributed by atoms with Crippen LogP contribution < -0.4 is 15.4 Å². The zero-order valence-corrected chi connectivity index (χ0v) is 14.6. The number of benzene rings is 1. The normalized spacial score (nSPS) is 13.9. The van der Waals surface area contributed by atoms with Crippen LogP contribution in [0.25, 0.3) is 0 Å². The van der Waals surface area contributed by atoms with Crippen LogP contribution >= 0.6 is 0 Å². The number of carbonyl (C=O) groups is 1. The smallest absolute Gasteiger partial charge is 0.310 e. The number of carbonyl (C=O) groups excluding carboxylic acids is 1. The first-order chi connectivity index (χ1) is 11.0. The molecule has 1 rings (SSSR count). The highest BCUT2D eigenvalue weighted by Crippen LogP contribution is 2.17. The molecule has 0 aliphatic rings. The van der Waals surface area contributed by atoms with Gasteiger partial charge in [0, 0.05) is 13.6 Å². The second-order valence-electron chi connectivity index (χ2n) is 5.45. The molecule has 2 N–H and O–H groups in total. The lowest BCUT2D eigenvalue weighted by atomic mass is 10.2. The molecule has 23 heavy (non-hydrogen) atoms. The number of nitrogens with one attached hydrogen (secondary N) is 2. The highest BCUT2D eigenvalue weighted by Gasteiger charge is 2.13. The van der Waals surface area contributed by atoms with Crippen molar-refractivity contribution in [3.8, 4) is 5.75 Å². The fraction of sp³-hybridized carbons (Fsp3) is 0.529. The summed E-state index contributed by atoms with van der Waals surface area (Å²) in [6.07, 6.45) is -0.0207. The van der Waals surface area contributed by atoms with Crippen LogP contribution in [-0.2, 0) is 9.53 Å². The third-order valence-electron chi connectivity index (χ3n) is 3.38. The summed E-state index contributed by atoms with van der Waals surface area (Å²) in [6, 6.07) is 7.91. The van der Waals surface area contributed by atoms with E-state index in [1.165, 1.54) is 7.11 Å². The topological polar surface area (TPSA) is 72.0 Å². The van der Waals surface area contributed by atoms with Crippen LogP contribution in [0.5, 0.6) is 5.75 Å². The number of aliphatic imine (C=N–C) groups is 1. The quantitative estimate of drug-likeness (QED) is 0.455. The Morgan fingerprint density at radius 3 is 2.48 bits per heavy atom. The number of hydrogen-bond acceptors (Lipinski definition) is 4. The summed E-state index contributed by atoms with van der Waals surface area (Å²) in [7, 11) is 3.07. The van der Waals surface area contributed by atoms with Crippen LogP contribution in [0, 0.1) is 12.8 Å². The van der Waals surface area contributed by atoms with Crippen molar-refractivity contribution in [1.82, 2.24) is 10.6 Å².